The molecule has 0 atom stereocenters. The van der Waals surface area contributed by atoms with Gasteiger partial charge in [0.2, 0.25) is 0 Å². The largest absolute Gasteiger partial charge is 0.453 e. The van der Waals surface area contributed by atoms with Gasteiger partial charge in [-0.3, -0.25) is 0 Å². The van der Waals surface area contributed by atoms with Crippen LogP contribution in [0.25, 0.3) is 100 Å². The van der Waals surface area contributed by atoms with Crippen molar-refractivity contribution >= 4 is 68.2 Å². The number of hydrogen-bond acceptors (Lipinski definition) is 6. The van der Waals surface area contributed by atoms with Gasteiger partial charge in [-0.2, -0.15) is 0 Å². The average molecular weight is 1670 g/mol. The summed E-state index contributed by atoms with van der Waals surface area (Å²) < 4.78 is 13.9. The van der Waals surface area contributed by atoms with Crippen molar-refractivity contribution in [1.82, 2.24) is 0 Å². The lowest BCUT2D eigenvalue weighted by atomic mass is 9.64. The summed E-state index contributed by atoms with van der Waals surface area (Å²) in [4.78, 5) is 9.98. The van der Waals surface area contributed by atoms with Crippen LogP contribution in [0.4, 0.5) is 68.2 Å². The van der Waals surface area contributed by atoms with Gasteiger partial charge in [0.25, 0.3) is 0 Å². The summed E-state index contributed by atoms with van der Waals surface area (Å²) >= 11 is 0. The van der Waals surface area contributed by atoms with Crippen LogP contribution in [0.15, 0.2) is 461 Å². The number of anilines is 12. The first-order chi connectivity index (χ1) is 64.7. The number of para-hydroxylation sites is 6. The third kappa shape index (κ3) is 11.0. The van der Waals surface area contributed by atoms with E-state index >= 15 is 0 Å². The van der Waals surface area contributed by atoms with Crippen molar-refractivity contribution in [3.8, 4) is 123 Å². The average Bonchev–Trinajstić information content (AvgIpc) is 1.58. The Morgan fingerprint density at radius 1 is 0.176 bits per heavy atom. The molecule has 0 saturated carbocycles. The molecular weight excluding hydrogens is 1590 g/mol. The minimum Gasteiger partial charge on any atom is -0.453 e. The summed E-state index contributed by atoms with van der Waals surface area (Å²) in [6, 6.07) is 172. The summed E-state index contributed by atoms with van der Waals surface area (Å²) in [6.45, 7) is 4.84. The minimum absolute atomic E-state index is 0.398. The third-order valence-electron chi connectivity index (χ3n) is 28.9. The van der Waals surface area contributed by atoms with Gasteiger partial charge in [0.1, 0.15) is 0 Å². The highest BCUT2D eigenvalue weighted by Gasteiger charge is 2.56. The summed E-state index contributed by atoms with van der Waals surface area (Å²) in [7, 11) is 0. The zero-order valence-electron chi connectivity index (χ0n) is 72.0. The monoisotopic (exact) mass is 1670 g/mol. The van der Waals surface area contributed by atoms with E-state index in [0.29, 0.717) is 0 Å². The molecule has 4 aliphatic heterocycles. The maximum atomic E-state index is 6.98. The predicted molar refractivity (Wildman–Crippen MR) is 537 cm³/mol. The molecule has 0 amide bonds. The molecule has 20 aromatic rings. The summed E-state index contributed by atoms with van der Waals surface area (Å²) in [5.41, 5.74) is 44.1. The molecule has 614 valence electrons. The van der Waals surface area contributed by atoms with Gasteiger partial charge in [-0.25, -0.2) is 0 Å². The van der Waals surface area contributed by atoms with Crippen LogP contribution in [0.2, 0.25) is 0 Å². The van der Waals surface area contributed by atoms with E-state index in [1.165, 1.54) is 94.6 Å². The fourth-order valence-corrected chi connectivity index (χ4v) is 23.3. The lowest BCUT2D eigenvalue weighted by Crippen LogP contribution is -2.37. The van der Waals surface area contributed by atoms with Crippen molar-refractivity contribution in [3.63, 3.8) is 0 Å². The second-order valence-electron chi connectivity index (χ2n) is 36.1. The normalized spacial score (nSPS) is 14.0. The highest BCUT2D eigenvalue weighted by molar-refractivity contribution is 6.04. The maximum Gasteiger partial charge on any atom is 0.151 e. The molecule has 0 aromatic heterocycles. The van der Waals surface area contributed by atoms with Crippen LogP contribution in [0.3, 0.4) is 0 Å². The number of rotatable bonds is 12. The number of benzene rings is 20. The second kappa shape index (κ2) is 28.6. The molecule has 0 N–H and O–H groups in total. The van der Waals surface area contributed by atoms with E-state index in [2.05, 4.69) is 494 Å². The molecule has 0 bridgehead atoms. The molecule has 0 saturated heterocycles. The van der Waals surface area contributed by atoms with Crippen molar-refractivity contribution in [3.05, 3.63) is 517 Å². The van der Waals surface area contributed by atoms with E-state index < -0.39 is 16.2 Å². The fraction of sp³-hybridized carbons (Fsp3) is 0.0400. The molecule has 27 rings (SSSR count). The van der Waals surface area contributed by atoms with Gasteiger partial charge in [-0.1, -0.05) is 329 Å². The Labute approximate surface area is 762 Å². The van der Waals surface area contributed by atoms with Crippen LogP contribution in [0.1, 0.15) is 69.5 Å². The maximum absolute atomic E-state index is 6.98. The van der Waals surface area contributed by atoms with E-state index in [4.69, 9.17) is 9.47 Å². The zero-order chi connectivity index (χ0) is 86.4. The smallest absolute Gasteiger partial charge is 0.151 e. The van der Waals surface area contributed by atoms with Crippen molar-refractivity contribution in [2.24, 2.45) is 0 Å². The van der Waals surface area contributed by atoms with E-state index in [-0.39, 0.29) is 0 Å². The van der Waals surface area contributed by atoms with E-state index in [9.17, 15) is 0 Å². The SMILES string of the molecule is CC1(C)c2ccc(-c3cccc(-c4cc(-c5ccccc5)cc(N(c5ccc(-c6ccccc6)cc5)c5ccc6c(c5)C5(c7ccccc7-c7ccccc75)c5cccc7c5N6c5ccccc5O7)c4)c3)cc2-c2ccc(N(c3cc(-c4ccccc4)cc(-c4ccccc4)c3)c3ccc4c(c3)C3(c5ccccc5-c5ccccc53)c3cccc5c3N4c3ccccc3O5)cc21. The quantitative estimate of drug-likeness (QED) is 0.121. The van der Waals surface area contributed by atoms with Gasteiger partial charge in [0.05, 0.1) is 45.0 Å². The molecule has 4 heterocycles. The van der Waals surface area contributed by atoms with Crippen LogP contribution in [0.5, 0.6) is 23.0 Å². The first-order valence-corrected chi connectivity index (χ1v) is 45.4. The molecule has 2 spiro atoms. The van der Waals surface area contributed by atoms with Crippen molar-refractivity contribution in [1.29, 1.82) is 0 Å². The molecule has 3 aliphatic carbocycles. The highest BCUT2D eigenvalue weighted by atomic mass is 16.5. The summed E-state index contributed by atoms with van der Waals surface area (Å²) in [6.07, 6.45) is 0. The fourth-order valence-electron chi connectivity index (χ4n) is 23.3. The molecule has 0 unspecified atom stereocenters. The Balaban J connectivity index is 0.617. The van der Waals surface area contributed by atoms with Crippen molar-refractivity contribution in [2.75, 3.05) is 19.6 Å². The molecule has 0 radical (unpaired) electrons. The number of fused-ring (bicyclic) bond motifs is 25. The third-order valence-corrected chi connectivity index (χ3v) is 28.9. The van der Waals surface area contributed by atoms with Crippen LogP contribution >= 0.6 is 0 Å². The Morgan fingerprint density at radius 2 is 0.481 bits per heavy atom. The number of ether oxygens (including phenoxy) is 2. The van der Waals surface area contributed by atoms with E-state index in [1.54, 1.807) is 0 Å². The molecule has 6 heteroatoms. The van der Waals surface area contributed by atoms with Crippen molar-refractivity contribution in [2.45, 2.75) is 30.1 Å². The Kier molecular flexibility index (Phi) is 16.3. The van der Waals surface area contributed by atoms with Gasteiger partial charge in [-0.05, 0) is 301 Å². The van der Waals surface area contributed by atoms with Crippen LogP contribution in [-0.4, -0.2) is 0 Å². The van der Waals surface area contributed by atoms with Crippen LogP contribution in [0, 0.1) is 0 Å². The van der Waals surface area contributed by atoms with Crippen LogP contribution < -0.4 is 29.1 Å². The lowest BCUT2D eigenvalue weighted by molar-refractivity contribution is 0.473. The minimum atomic E-state index is -0.737. The van der Waals surface area contributed by atoms with Gasteiger partial charge in [-0.15, -0.1) is 0 Å². The molecule has 20 aromatic carbocycles. The summed E-state index contributed by atoms with van der Waals surface area (Å²) in [5.74, 6) is 3.33. The zero-order valence-corrected chi connectivity index (χ0v) is 72.0. The van der Waals surface area contributed by atoms with Crippen LogP contribution in [-0.2, 0) is 16.2 Å². The van der Waals surface area contributed by atoms with Crippen molar-refractivity contribution < 1.29 is 9.47 Å². The first kappa shape index (κ1) is 74.4. The van der Waals surface area contributed by atoms with Gasteiger partial charge >= 0.3 is 0 Å². The Morgan fingerprint density at radius 3 is 0.939 bits per heavy atom. The Bertz CT molecular complexity index is 8010. The summed E-state index contributed by atoms with van der Waals surface area (Å²) in [5, 5.41) is 0. The lowest BCUT2D eigenvalue weighted by Gasteiger charge is -2.47. The van der Waals surface area contributed by atoms with Gasteiger partial charge in [0.15, 0.2) is 23.0 Å². The van der Waals surface area contributed by atoms with E-state index in [0.717, 1.165) is 152 Å². The molecular formula is C125H82N4O2. The highest BCUT2D eigenvalue weighted by Crippen LogP contribution is 2.71. The molecule has 131 heavy (non-hydrogen) atoms. The molecule has 0 fully saturated rings. The first-order valence-electron chi connectivity index (χ1n) is 45.4. The van der Waals surface area contributed by atoms with Gasteiger partial charge < -0.3 is 29.1 Å². The Hall–Kier alpha value is -16.8. The van der Waals surface area contributed by atoms with Gasteiger partial charge in [0, 0.05) is 39.5 Å². The predicted octanol–water partition coefficient (Wildman–Crippen LogP) is 33.4. The molecule has 7 aliphatic rings. The number of nitrogens with zero attached hydrogens (tertiary/aromatic N) is 4. The standard InChI is InChI=1S/C125H82N4O2/c1-123(2)103-65-58-86(75-102(103)101-64-61-92(76-110(101)123)127(96-72-87(80-32-9-4-10-33-80)69-88(73-96)81-34-11-5-12-35-81)94-63-67-114-112(78-94)125(106-46-21-17-42-99(106)100-43-18-22-47-107(100)125)109-49-29-55-120-122(109)129(114)116-51-24-26-53-118(116)131-120)84-38-27-39-85(68-84)90-70-89(82-36-13-6-14-37-82)71-95(74-90)126(91-59-56-83(57-60-91)79-30-7-3-8-31-79)93-62-66-113-111(77-93)124(104-44-19-15-40-97(104)98-41-16-20-45-105(98)124)108-48-28-54-119-121(108)128(113)115-50-23-25-52-117(115)130-119/h3-78H,1-2H3. The molecule has 6 nitrogen and oxygen atoms in total. The van der Waals surface area contributed by atoms with E-state index in [1.807, 2.05) is 0 Å². The topological polar surface area (TPSA) is 31.4 Å². The second-order valence-corrected chi connectivity index (χ2v) is 36.1. The number of hydrogen-bond donors (Lipinski definition) is 0.